The van der Waals surface area contributed by atoms with Gasteiger partial charge in [0.15, 0.2) is 0 Å². The van der Waals surface area contributed by atoms with Crippen molar-refractivity contribution >= 4 is 28.7 Å². The molecular weight excluding hydrogens is 268 g/mol. The van der Waals surface area contributed by atoms with E-state index in [1.54, 1.807) is 18.2 Å². The van der Waals surface area contributed by atoms with Crippen LogP contribution in [-0.2, 0) is 0 Å². The van der Waals surface area contributed by atoms with Gasteiger partial charge < -0.3 is 4.74 Å². The molecule has 2 aromatic rings. The molecule has 0 spiro atoms. The number of thiophene rings is 1. The summed E-state index contributed by atoms with van der Waals surface area (Å²) >= 11 is 7.32. The number of hydrogen-bond donors (Lipinski definition) is 0. The molecule has 2 nitrogen and oxygen atoms in total. The lowest BCUT2D eigenvalue weighted by atomic mass is 10.1. The van der Waals surface area contributed by atoms with Gasteiger partial charge in [0.1, 0.15) is 5.75 Å². The third-order valence-corrected chi connectivity index (χ3v) is 3.63. The lowest BCUT2D eigenvalue weighted by molar-refractivity contribution is 0.104. The van der Waals surface area contributed by atoms with E-state index in [2.05, 4.69) is 0 Å². The summed E-state index contributed by atoms with van der Waals surface area (Å²) in [6.45, 7) is 3.90. The molecule has 0 fully saturated rings. The van der Waals surface area contributed by atoms with Crippen molar-refractivity contribution in [2.45, 2.75) is 20.0 Å². The second-order valence-electron chi connectivity index (χ2n) is 4.12. The van der Waals surface area contributed by atoms with Gasteiger partial charge in [-0.15, -0.1) is 11.3 Å². The first-order valence-corrected chi connectivity index (χ1v) is 6.88. The van der Waals surface area contributed by atoms with Gasteiger partial charge >= 0.3 is 0 Å². The molecule has 0 N–H and O–H groups in total. The van der Waals surface area contributed by atoms with Crippen LogP contribution in [0.15, 0.2) is 35.7 Å². The van der Waals surface area contributed by atoms with Crippen molar-refractivity contribution < 1.29 is 9.53 Å². The third kappa shape index (κ3) is 2.92. The van der Waals surface area contributed by atoms with Gasteiger partial charge in [-0.1, -0.05) is 23.7 Å². The molecule has 18 heavy (non-hydrogen) atoms. The Hall–Kier alpha value is -1.32. The van der Waals surface area contributed by atoms with E-state index in [-0.39, 0.29) is 11.9 Å². The first-order valence-electron chi connectivity index (χ1n) is 5.62. The fraction of sp³-hybridized carbons (Fsp3) is 0.214. The zero-order valence-corrected chi connectivity index (χ0v) is 11.7. The minimum atomic E-state index is -0.0655. The molecule has 1 aromatic heterocycles. The van der Waals surface area contributed by atoms with Crippen LogP contribution < -0.4 is 4.74 Å². The molecule has 4 heteroatoms. The molecule has 0 aliphatic carbocycles. The van der Waals surface area contributed by atoms with Crippen LogP contribution in [0.3, 0.4) is 0 Å². The maximum atomic E-state index is 12.2. The van der Waals surface area contributed by atoms with E-state index in [0.29, 0.717) is 21.2 Å². The van der Waals surface area contributed by atoms with Crippen LogP contribution in [0.25, 0.3) is 0 Å². The Morgan fingerprint density at radius 2 is 2.11 bits per heavy atom. The fourth-order valence-corrected chi connectivity index (χ4v) is 2.67. The van der Waals surface area contributed by atoms with Crippen molar-refractivity contribution in [3.05, 3.63) is 51.2 Å². The van der Waals surface area contributed by atoms with Crippen LogP contribution >= 0.6 is 22.9 Å². The van der Waals surface area contributed by atoms with Crippen LogP contribution in [0.2, 0.25) is 5.02 Å². The largest absolute Gasteiger partial charge is 0.491 e. The maximum Gasteiger partial charge on any atom is 0.204 e. The van der Waals surface area contributed by atoms with Crippen LogP contribution in [-0.4, -0.2) is 11.9 Å². The second kappa shape index (κ2) is 5.55. The standard InChI is InChI=1S/C14H13ClO2S/c1-9(2)17-11-5-3-4-10(8-11)13(16)14-12(15)6-7-18-14/h3-9H,1-2H3. The van der Waals surface area contributed by atoms with Gasteiger partial charge in [0.05, 0.1) is 16.0 Å². The van der Waals surface area contributed by atoms with Crippen LogP contribution in [0.4, 0.5) is 0 Å². The van der Waals surface area contributed by atoms with Crippen molar-refractivity contribution in [3.8, 4) is 5.75 Å². The minimum Gasteiger partial charge on any atom is -0.491 e. The van der Waals surface area contributed by atoms with Gasteiger partial charge in [-0.3, -0.25) is 4.79 Å². The molecule has 0 atom stereocenters. The molecule has 0 bridgehead atoms. The summed E-state index contributed by atoms with van der Waals surface area (Å²) in [7, 11) is 0. The number of hydrogen-bond acceptors (Lipinski definition) is 3. The summed E-state index contributed by atoms with van der Waals surface area (Å²) in [5.74, 6) is 0.632. The highest BCUT2D eigenvalue weighted by molar-refractivity contribution is 7.13. The summed E-state index contributed by atoms with van der Waals surface area (Å²) < 4.78 is 5.57. The molecular formula is C14H13ClO2S. The number of carbonyl (C=O) groups is 1. The molecule has 0 saturated carbocycles. The van der Waals surface area contributed by atoms with Gasteiger partial charge in [0, 0.05) is 5.56 Å². The van der Waals surface area contributed by atoms with E-state index in [1.807, 2.05) is 31.4 Å². The fourth-order valence-electron chi connectivity index (χ4n) is 1.57. The molecule has 0 saturated heterocycles. The number of benzene rings is 1. The molecule has 94 valence electrons. The van der Waals surface area contributed by atoms with Gasteiger partial charge in [0.2, 0.25) is 5.78 Å². The first kappa shape index (κ1) is 13.1. The average Bonchev–Trinajstić information content (AvgIpc) is 2.74. The molecule has 0 amide bonds. The number of rotatable bonds is 4. The highest BCUT2D eigenvalue weighted by atomic mass is 35.5. The lowest BCUT2D eigenvalue weighted by Crippen LogP contribution is -2.06. The Morgan fingerprint density at radius 1 is 1.33 bits per heavy atom. The van der Waals surface area contributed by atoms with Gasteiger partial charge in [-0.25, -0.2) is 0 Å². The lowest BCUT2D eigenvalue weighted by Gasteiger charge is -2.10. The van der Waals surface area contributed by atoms with Crippen molar-refractivity contribution in [3.63, 3.8) is 0 Å². The third-order valence-electron chi connectivity index (χ3n) is 2.29. The molecule has 2 rings (SSSR count). The minimum absolute atomic E-state index is 0.0655. The number of ketones is 1. The van der Waals surface area contributed by atoms with Crippen LogP contribution in [0.1, 0.15) is 29.1 Å². The summed E-state index contributed by atoms with van der Waals surface area (Å²) in [4.78, 5) is 12.8. The van der Waals surface area contributed by atoms with E-state index >= 15 is 0 Å². The molecule has 1 aromatic carbocycles. The topological polar surface area (TPSA) is 26.3 Å². The molecule has 0 radical (unpaired) electrons. The maximum absolute atomic E-state index is 12.2. The second-order valence-corrected chi connectivity index (χ2v) is 5.44. The Kier molecular flexibility index (Phi) is 4.04. The number of carbonyl (C=O) groups excluding carboxylic acids is 1. The summed E-state index contributed by atoms with van der Waals surface area (Å²) in [6.07, 6.45) is 0.0840. The molecule has 1 heterocycles. The Labute approximate surface area is 115 Å². The van der Waals surface area contributed by atoms with Gasteiger partial charge in [0.25, 0.3) is 0 Å². The Balaban J connectivity index is 2.29. The smallest absolute Gasteiger partial charge is 0.204 e. The summed E-state index contributed by atoms with van der Waals surface area (Å²) in [5.41, 5.74) is 0.595. The SMILES string of the molecule is CC(C)Oc1cccc(C(=O)c2sccc2Cl)c1. The zero-order valence-electron chi connectivity index (χ0n) is 10.1. The van der Waals surface area contributed by atoms with Crippen molar-refractivity contribution in [1.29, 1.82) is 0 Å². The zero-order chi connectivity index (χ0) is 13.1. The van der Waals surface area contributed by atoms with Gasteiger partial charge in [-0.05, 0) is 37.4 Å². The van der Waals surface area contributed by atoms with Crippen molar-refractivity contribution in [1.82, 2.24) is 0 Å². The summed E-state index contributed by atoms with van der Waals surface area (Å²) in [5, 5.41) is 2.31. The van der Waals surface area contributed by atoms with Crippen molar-refractivity contribution in [2.24, 2.45) is 0 Å². The number of halogens is 1. The average molecular weight is 281 g/mol. The monoisotopic (exact) mass is 280 g/mol. The summed E-state index contributed by atoms with van der Waals surface area (Å²) in [6, 6.07) is 8.90. The highest BCUT2D eigenvalue weighted by Gasteiger charge is 2.14. The molecule has 0 unspecified atom stereocenters. The first-order chi connectivity index (χ1) is 8.58. The van der Waals surface area contributed by atoms with Crippen LogP contribution in [0.5, 0.6) is 5.75 Å². The van der Waals surface area contributed by atoms with E-state index < -0.39 is 0 Å². The Bertz CT molecular complexity index is 560. The van der Waals surface area contributed by atoms with E-state index in [9.17, 15) is 4.79 Å². The predicted molar refractivity (Wildman–Crippen MR) is 75.0 cm³/mol. The van der Waals surface area contributed by atoms with Crippen LogP contribution in [0, 0.1) is 0 Å². The molecule has 0 aliphatic rings. The quantitative estimate of drug-likeness (QED) is 0.775. The Morgan fingerprint density at radius 3 is 2.72 bits per heavy atom. The highest BCUT2D eigenvalue weighted by Crippen LogP contribution is 2.26. The van der Waals surface area contributed by atoms with E-state index in [1.165, 1.54) is 11.3 Å². The van der Waals surface area contributed by atoms with E-state index in [4.69, 9.17) is 16.3 Å². The molecule has 0 aliphatic heterocycles. The predicted octanol–water partition coefficient (Wildman–Crippen LogP) is 4.42. The van der Waals surface area contributed by atoms with E-state index in [0.717, 1.165) is 0 Å². The number of ether oxygens (including phenoxy) is 1. The normalized spacial score (nSPS) is 10.7. The van der Waals surface area contributed by atoms with Gasteiger partial charge in [-0.2, -0.15) is 0 Å². The van der Waals surface area contributed by atoms with Crippen molar-refractivity contribution in [2.75, 3.05) is 0 Å².